The standard InChI is InChI=1S/C11H20BrNO2/c1-7(2)13(8(3)4)11(14)9-5-6-10(12)15-9/h7-10H,5-6H2,1-4H3. The normalized spacial score (nSPS) is 26.3. The van der Waals surface area contributed by atoms with Crippen LogP contribution in [0.25, 0.3) is 0 Å². The second kappa shape index (κ2) is 5.30. The molecule has 15 heavy (non-hydrogen) atoms. The van der Waals surface area contributed by atoms with E-state index in [0.717, 1.165) is 12.8 Å². The molecule has 3 nitrogen and oxygen atoms in total. The molecule has 1 rings (SSSR count). The summed E-state index contributed by atoms with van der Waals surface area (Å²) in [5.41, 5.74) is 0. The summed E-state index contributed by atoms with van der Waals surface area (Å²) in [5, 5.41) is 0.0487. The highest BCUT2D eigenvalue weighted by atomic mass is 79.9. The van der Waals surface area contributed by atoms with Gasteiger partial charge in [0.25, 0.3) is 5.91 Å². The third kappa shape index (κ3) is 3.18. The highest BCUT2D eigenvalue weighted by molar-refractivity contribution is 9.09. The predicted octanol–water partition coefficient (Wildman–Crippen LogP) is 2.53. The van der Waals surface area contributed by atoms with Crippen molar-refractivity contribution in [3.8, 4) is 0 Å². The van der Waals surface area contributed by atoms with E-state index < -0.39 is 0 Å². The van der Waals surface area contributed by atoms with Crippen molar-refractivity contribution in [3.63, 3.8) is 0 Å². The monoisotopic (exact) mass is 277 g/mol. The number of rotatable bonds is 3. The maximum atomic E-state index is 12.2. The van der Waals surface area contributed by atoms with Crippen LogP contribution < -0.4 is 0 Å². The van der Waals surface area contributed by atoms with E-state index in [-0.39, 0.29) is 29.1 Å². The Bertz CT molecular complexity index is 223. The van der Waals surface area contributed by atoms with Gasteiger partial charge in [-0.25, -0.2) is 0 Å². The van der Waals surface area contributed by atoms with Gasteiger partial charge in [-0.2, -0.15) is 0 Å². The Balaban J connectivity index is 2.64. The lowest BCUT2D eigenvalue weighted by molar-refractivity contribution is -0.145. The second-order valence-electron chi connectivity index (χ2n) is 4.55. The molecule has 1 fully saturated rings. The summed E-state index contributed by atoms with van der Waals surface area (Å²) >= 11 is 3.38. The fourth-order valence-corrected chi connectivity index (χ4v) is 2.57. The Labute approximate surface area is 100 Å². The van der Waals surface area contributed by atoms with Crippen LogP contribution in [-0.4, -0.2) is 34.0 Å². The fraction of sp³-hybridized carbons (Fsp3) is 0.909. The van der Waals surface area contributed by atoms with Gasteiger partial charge in [0.05, 0.1) is 0 Å². The molecule has 0 aromatic rings. The lowest BCUT2D eigenvalue weighted by Gasteiger charge is -2.32. The Hall–Kier alpha value is -0.0900. The average molecular weight is 278 g/mol. The number of nitrogens with zero attached hydrogens (tertiary/aromatic N) is 1. The van der Waals surface area contributed by atoms with Crippen molar-refractivity contribution in [3.05, 3.63) is 0 Å². The van der Waals surface area contributed by atoms with Crippen LogP contribution in [0.1, 0.15) is 40.5 Å². The Kier molecular flexibility index (Phi) is 4.59. The first-order chi connectivity index (χ1) is 6.93. The van der Waals surface area contributed by atoms with Crippen molar-refractivity contribution in [2.75, 3.05) is 0 Å². The van der Waals surface area contributed by atoms with E-state index in [1.165, 1.54) is 0 Å². The summed E-state index contributed by atoms with van der Waals surface area (Å²) in [5.74, 6) is 0.127. The Morgan fingerprint density at radius 1 is 1.27 bits per heavy atom. The summed E-state index contributed by atoms with van der Waals surface area (Å²) in [4.78, 5) is 14.1. The molecular formula is C11H20BrNO2. The quantitative estimate of drug-likeness (QED) is 0.742. The summed E-state index contributed by atoms with van der Waals surface area (Å²) in [6.07, 6.45) is 1.49. The summed E-state index contributed by atoms with van der Waals surface area (Å²) < 4.78 is 5.53. The first kappa shape index (κ1) is 13.0. The number of carbonyl (C=O) groups is 1. The lowest BCUT2D eigenvalue weighted by Crippen LogP contribution is -2.47. The van der Waals surface area contributed by atoms with E-state index in [2.05, 4.69) is 15.9 Å². The van der Waals surface area contributed by atoms with E-state index in [4.69, 9.17) is 4.74 Å². The minimum Gasteiger partial charge on any atom is -0.354 e. The van der Waals surface area contributed by atoms with E-state index in [0.29, 0.717) is 0 Å². The van der Waals surface area contributed by atoms with E-state index in [1.807, 2.05) is 32.6 Å². The van der Waals surface area contributed by atoms with Crippen molar-refractivity contribution in [1.29, 1.82) is 0 Å². The molecule has 88 valence electrons. The van der Waals surface area contributed by atoms with Crippen molar-refractivity contribution in [1.82, 2.24) is 4.90 Å². The van der Waals surface area contributed by atoms with Crippen LogP contribution in [0, 0.1) is 0 Å². The van der Waals surface area contributed by atoms with Gasteiger partial charge in [-0.1, -0.05) is 15.9 Å². The maximum Gasteiger partial charge on any atom is 0.252 e. The van der Waals surface area contributed by atoms with Crippen LogP contribution in [0.5, 0.6) is 0 Å². The number of hydrogen-bond acceptors (Lipinski definition) is 2. The van der Waals surface area contributed by atoms with E-state index in [1.54, 1.807) is 0 Å². The van der Waals surface area contributed by atoms with Crippen molar-refractivity contribution in [2.45, 2.75) is 63.7 Å². The number of alkyl halides is 1. The summed E-state index contributed by atoms with van der Waals surface area (Å²) in [6, 6.07) is 0.464. The van der Waals surface area contributed by atoms with Crippen LogP contribution in [-0.2, 0) is 9.53 Å². The second-order valence-corrected chi connectivity index (χ2v) is 5.57. The highest BCUT2D eigenvalue weighted by Crippen LogP contribution is 2.26. The van der Waals surface area contributed by atoms with Crippen LogP contribution >= 0.6 is 15.9 Å². The molecule has 0 radical (unpaired) electrons. The van der Waals surface area contributed by atoms with Gasteiger partial charge in [-0.3, -0.25) is 4.79 Å². The number of halogens is 1. The minimum absolute atomic E-state index is 0.0487. The molecular weight excluding hydrogens is 258 g/mol. The summed E-state index contributed by atoms with van der Waals surface area (Å²) in [7, 11) is 0. The van der Waals surface area contributed by atoms with Crippen LogP contribution in [0.2, 0.25) is 0 Å². The molecule has 0 bridgehead atoms. The number of hydrogen-bond donors (Lipinski definition) is 0. The van der Waals surface area contributed by atoms with Gasteiger partial charge in [-0.05, 0) is 40.5 Å². The smallest absolute Gasteiger partial charge is 0.252 e. The number of carbonyl (C=O) groups excluding carboxylic acids is 1. The molecule has 0 spiro atoms. The molecule has 0 saturated carbocycles. The molecule has 1 saturated heterocycles. The van der Waals surface area contributed by atoms with Crippen LogP contribution in [0.15, 0.2) is 0 Å². The average Bonchev–Trinajstić information content (AvgIpc) is 2.50. The van der Waals surface area contributed by atoms with E-state index >= 15 is 0 Å². The third-order valence-corrected chi connectivity index (χ3v) is 3.28. The van der Waals surface area contributed by atoms with Crippen LogP contribution in [0.4, 0.5) is 0 Å². The van der Waals surface area contributed by atoms with Crippen molar-refractivity contribution >= 4 is 21.8 Å². The highest BCUT2D eigenvalue weighted by Gasteiger charge is 2.34. The van der Waals surface area contributed by atoms with Crippen LogP contribution in [0.3, 0.4) is 0 Å². The third-order valence-electron chi connectivity index (χ3n) is 2.61. The largest absolute Gasteiger partial charge is 0.354 e. The first-order valence-electron chi connectivity index (χ1n) is 5.55. The molecule has 0 aromatic carbocycles. The molecule has 1 aliphatic heterocycles. The topological polar surface area (TPSA) is 29.5 Å². The number of amides is 1. The Morgan fingerprint density at radius 2 is 1.80 bits per heavy atom. The summed E-state index contributed by atoms with van der Waals surface area (Å²) in [6.45, 7) is 8.16. The SMILES string of the molecule is CC(C)N(C(=O)C1CCC(Br)O1)C(C)C. The van der Waals surface area contributed by atoms with Crippen molar-refractivity contribution in [2.24, 2.45) is 0 Å². The molecule has 4 heteroatoms. The predicted molar refractivity (Wildman–Crippen MR) is 63.9 cm³/mol. The van der Waals surface area contributed by atoms with Crippen molar-refractivity contribution < 1.29 is 9.53 Å². The minimum atomic E-state index is -0.251. The number of ether oxygens (including phenoxy) is 1. The molecule has 1 aliphatic rings. The zero-order valence-electron chi connectivity index (χ0n) is 9.87. The van der Waals surface area contributed by atoms with Gasteiger partial charge in [-0.15, -0.1) is 0 Å². The molecule has 1 heterocycles. The first-order valence-corrected chi connectivity index (χ1v) is 6.46. The van der Waals surface area contributed by atoms with E-state index in [9.17, 15) is 4.79 Å². The Morgan fingerprint density at radius 3 is 2.13 bits per heavy atom. The molecule has 1 amide bonds. The molecule has 0 aliphatic carbocycles. The maximum absolute atomic E-state index is 12.2. The van der Waals surface area contributed by atoms with Gasteiger partial charge >= 0.3 is 0 Å². The zero-order valence-corrected chi connectivity index (χ0v) is 11.5. The molecule has 2 atom stereocenters. The zero-order chi connectivity index (χ0) is 11.6. The van der Waals surface area contributed by atoms with Gasteiger partial charge in [0.2, 0.25) is 0 Å². The fourth-order valence-electron chi connectivity index (χ4n) is 2.05. The van der Waals surface area contributed by atoms with Gasteiger partial charge in [0, 0.05) is 12.1 Å². The lowest BCUT2D eigenvalue weighted by atomic mass is 10.1. The van der Waals surface area contributed by atoms with Gasteiger partial charge in [0.15, 0.2) is 0 Å². The molecule has 0 aromatic heterocycles. The van der Waals surface area contributed by atoms with Gasteiger partial charge in [0.1, 0.15) is 11.1 Å². The molecule has 2 unspecified atom stereocenters. The van der Waals surface area contributed by atoms with Gasteiger partial charge < -0.3 is 9.64 Å². The molecule has 0 N–H and O–H groups in total.